The predicted molar refractivity (Wildman–Crippen MR) is 86.5 cm³/mol. The van der Waals surface area contributed by atoms with Gasteiger partial charge in [0.05, 0.1) is 22.2 Å². The van der Waals surface area contributed by atoms with Crippen molar-refractivity contribution >= 4 is 28.7 Å². The van der Waals surface area contributed by atoms with Gasteiger partial charge in [-0.1, -0.05) is 12.1 Å². The van der Waals surface area contributed by atoms with Crippen LogP contribution >= 0.6 is 0 Å². The first kappa shape index (κ1) is 14.5. The molecule has 0 spiro atoms. The number of hydrogen-bond donors (Lipinski definition) is 2. The molecule has 2 aromatic carbocycles. The zero-order valence-electron chi connectivity index (χ0n) is 11.9. The van der Waals surface area contributed by atoms with Crippen molar-refractivity contribution in [3.05, 3.63) is 76.0 Å². The first-order valence-corrected chi connectivity index (χ1v) is 6.79. The quantitative estimate of drug-likeness (QED) is 0.440. The fourth-order valence-electron chi connectivity index (χ4n) is 2.18. The molecule has 0 aliphatic heterocycles. The lowest BCUT2D eigenvalue weighted by Gasteiger charge is -2.01. The van der Waals surface area contributed by atoms with E-state index in [2.05, 4.69) is 15.5 Å². The number of benzene rings is 2. The van der Waals surface area contributed by atoms with Crippen LogP contribution in [0.2, 0.25) is 0 Å². The van der Waals surface area contributed by atoms with Gasteiger partial charge in [-0.2, -0.15) is 5.10 Å². The molecule has 0 fully saturated rings. The highest BCUT2D eigenvalue weighted by molar-refractivity contribution is 6.05. The summed E-state index contributed by atoms with van der Waals surface area (Å²) in [7, 11) is 0. The van der Waals surface area contributed by atoms with Crippen LogP contribution in [0, 0.1) is 10.1 Å². The van der Waals surface area contributed by atoms with Crippen LogP contribution in [0.15, 0.2) is 59.8 Å². The number of para-hydroxylation sites is 1. The lowest BCUT2D eigenvalue weighted by Crippen LogP contribution is -2.17. The summed E-state index contributed by atoms with van der Waals surface area (Å²) in [6, 6.07) is 13.2. The minimum atomic E-state index is -0.473. The van der Waals surface area contributed by atoms with Crippen LogP contribution in [0.5, 0.6) is 0 Å². The van der Waals surface area contributed by atoms with Gasteiger partial charge in [0.2, 0.25) is 0 Å². The number of H-pyrrole nitrogens is 1. The summed E-state index contributed by atoms with van der Waals surface area (Å²) in [6.45, 7) is 0. The molecule has 0 atom stereocenters. The summed E-state index contributed by atoms with van der Waals surface area (Å²) >= 11 is 0. The van der Waals surface area contributed by atoms with Gasteiger partial charge < -0.3 is 4.98 Å². The van der Waals surface area contributed by atoms with Crippen molar-refractivity contribution in [2.24, 2.45) is 5.10 Å². The molecule has 0 unspecified atom stereocenters. The fourth-order valence-corrected chi connectivity index (χ4v) is 2.18. The molecule has 0 radical (unpaired) electrons. The Hall–Kier alpha value is -3.48. The Labute approximate surface area is 130 Å². The Kier molecular flexibility index (Phi) is 3.84. The van der Waals surface area contributed by atoms with Gasteiger partial charge in [0.1, 0.15) is 0 Å². The Morgan fingerprint density at radius 2 is 1.96 bits per heavy atom. The molecule has 2 N–H and O–H groups in total. The van der Waals surface area contributed by atoms with E-state index in [4.69, 9.17) is 0 Å². The van der Waals surface area contributed by atoms with Crippen LogP contribution in [0.25, 0.3) is 10.9 Å². The van der Waals surface area contributed by atoms with Gasteiger partial charge in [-0.05, 0) is 29.8 Å². The highest BCUT2D eigenvalue weighted by Gasteiger charge is 2.09. The number of nitro benzene ring substituents is 1. The van der Waals surface area contributed by atoms with Crippen LogP contribution in [0.3, 0.4) is 0 Å². The van der Waals surface area contributed by atoms with E-state index in [9.17, 15) is 14.9 Å². The van der Waals surface area contributed by atoms with E-state index in [0.717, 1.165) is 10.9 Å². The van der Waals surface area contributed by atoms with Gasteiger partial charge in [-0.3, -0.25) is 14.9 Å². The summed E-state index contributed by atoms with van der Waals surface area (Å²) in [5.74, 6) is -0.337. The van der Waals surface area contributed by atoms with Gasteiger partial charge in [0, 0.05) is 23.7 Å². The first-order chi connectivity index (χ1) is 11.1. The van der Waals surface area contributed by atoms with E-state index in [-0.39, 0.29) is 11.6 Å². The second-order valence-corrected chi connectivity index (χ2v) is 4.80. The summed E-state index contributed by atoms with van der Waals surface area (Å²) in [6.07, 6.45) is 3.19. The summed E-state index contributed by atoms with van der Waals surface area (Å²) in [5, 5.41) is 15.4. The molecule has 0 saturated heterocycles. The van der Waals surface area contributed by atoms with Crippen molar-refractivity contribution in [2.75, 3.05) is 0 Å². The smallest absolute Gasteiger partial charge is 0.273 e. The van der Waals surface area contributed by atoms with Gasteiger partial charge in [0.15, 0.2) is 0 Å². The van der Waals surface area contributed by atoms with Crippen LogP contribution < -0.4 is 5.43 Å². The minimum Gasteiger partial charge on any atom is -0.361 e. The molecule has 3 aromatic rings. The first-order valence-electron chi connectivity index (χ1n) is 6.79. The number of nitro groups is 1. The van der Waals surface area contributed by atoms with Crippen LogP contribution in [-0.4, -0.2) is 22.0 Å². The third kappa shape index (κ3) is 3.08. The zero-order chi connectivity index (χ0) is 16.2. The average molecular weight is 308 g/mol. The Morgan fingerprint density at radius 1 is 1.17 bits per heavy atom. The van der Waals surface area contributed by atoms with E-state index < -0.39 is 4.92 Å². The van der Waals surface area contributed by atoms with Crippen molar-refractivity contribution in [3.63, 3.8) is 0 Å². The summed E-state index contributed by atoms with van der Waals surface area (Å²) in [5.41, 5.74) is 4.33. The molecule has 0 bridgehead atoms. The maximum atomic E-state index is 12.2. The third-order valence-corrected chi connectivity index (χ3v) is 3.32. The average Bonchev–Trinajstić information content (AvgIpc) is 3.03. The number of nitrogens with zero attached hydrogens (tertiary/aromatic N) is 2. The number of hydrazone groups is 1. The Balaban J connectivity index is 1.71. The predicted octanol–water partition coefficient (Wildman–Crippen LogP) is 2.84. The number of fused-ring (bicyclic) bond motifs is 1. The van der Waals surface area contributed by atoms with Crippen LogP contribution in [-0.2, 0) is 0 Å². The second kappa shape index (κ2) is 6.10. The van der Waals surface area contributed by atoms with Crippen molar-refractivity contribution in [2.45, 2.75) is 0 Å². The largest absolute Gasteiger partial charge is 0.361 e. The molecule has 0 saturated carbocycles. The molecule has 1 amide bonds. The van der Waals surface area contributed by atoms with Crippen molar-refractivity contribution in [1.29, 1.82) is 0 Å². The summed E-state index contributed by atoms with van der Waals surface area (Å²) in [4.78, 5) is 25.3. The molecular weight excluding hydrogens is 296 g/mol. The van der Waals surface area contributed by atoms with Crippen molar-refractivity contribution in [1.82, 2.24) is 10.4 Å². The Bertz CT molecular complexity index is 897. The minimum absolute atomic E-state index is 0.00427. The molecule has 1 heterocycles. The molecule has 7 heteroatoms. The molecule has 1 aromatic heterocycles. The highest BCUT2D eigenvalue weighted by Crippen LogP contribution is 2.16. The number of nitrogens with one attached hydrogen (secondary N) is 2. The highest BCUT2D eigenvalue weighted by atomic mass is 16.6. The van der Waals surface area contributed by atoms with Gasteiger partial charge >= 0.3 is 0 Å². The SMILES string of the molecule is O=C(N/N=C\c1ccc([N+](=O)[O-])cc1)c1cccc2cc[nH]c12. The van der Waals surface area contributed by atoms with Gasteiger partial charge in [-0.25, -0.2) is 5.43 Å². The zero-order valence-corrected chi connectivity index (χ0v) is 11.9. The normalized spacial score (nSPS) is 11.0. The molecule has 3 rings (SSSR count). The number of rotatable bonds is 4. The Morgan fingerprint density at radius 3 is 2.70 bits per heavy atom. The number of hydrogen-bond acceptors (Lipinski definition) is 4. The van der Waals surface area contributed by atoms with Crippen molar-refractivity contribution < 1.29 is 9.72 Å². The van der Waals surface area contributed by atoms with Crippen LogP contribution in [0.1, 0.15) is 15.9 Å². The van der Waals surface area contributed by atoms with E-state index in [0.29, 0.717) is 11.1 Å². The monoisotopic (exact) mass is 308 g/mol. The molecule has 114 valence electrons. The summed E-state index contributed by atoms with van der Waals surface area (Å²) < 4.78 is 0. The maximum absolute atomic E-state index is 12.2. The molecule has 0 aliphatic carbocycles. The van der Waals surface area contributed by atoms with Gasteiger partial charge in [0.25, 0.3) is 11.6 Å². The molecule has 0 aliphatic rings. The van der Waals surface area contributed by atoms with E-state index >= 15 is 0 Å². The van der Waals surface area contributed by atoms with E-state index in [1.165, 1.54) is 18.3 Å². The van der Waals surface area contributed by atoms with Crippen LogP contribution in [0.4, 0.5) is 5.69 Å². The molecule has 23 heavy (non-hydrogen) atoms. The topological polar surface area (TPSA) is 100 Å². The third-order valence-electron chi connectivity index (χ3n) is 3.32. The number of aromatic amines is 1. The molecule has 7 nitrogen and oxygen atoms in total. The second-order valence-electron chi connectivity index (χ2n) is 4.80. The number of aromatic nitrogens is 1. The maximum Gasteiger partial charge on any atom is 0.273 e. The van der Waals surface area contributed by atoms with E-state index in [1.54, 1.807) is 30.5 Å². The molecular formula is C16H12N4O3. The standard InChI is InChI=1S/C16H12N4O3/c21-16(14-3-1-2-12-8-9-17-15(12)14)19-18-10-11-4-6-13(7-5-11)20(22)23/h1-10,17H,(H,19,21)/b18-10-. The number of carbonyl (C=O) groups is 1. The number of amides is 1. The lowest BCUT2D eigenvalue weighted by molar-refractivity contribution is -0.384. The number of carbonyl (C=O) groups excluding carboxylic acids is 1. The number of non-ortho nitro benzene ring substituents is 1. The lowest BCUT2D eigenvalue weighted by atomic mass is 10.1. The van der Waals surface area contributed by atoms with Crippen molar-refractivity contribution in [3.8, 4) is 0 Å². The fraction of sp³-hybridized carbons (Fsp3) is 0. The van der Waals surface area contributed by atoms with Gasteiger partial charge in [-0.15, -0.1) is 0 Å². The van der Waals surface area contributed by atoms with E-state index in [1.807, 2.05) is 12.1 Å².